The van der Waals surface area contributed by atoms with Gasteiger partial charge in [0.15, 0.2) is 0 Å². The van der Waals surface area contributed by atoms with Crippen LogP contribution in [0.4, 0.5) is 9.18 Å². The summed E-state index contributed by atoms with van der Waals surface area (Å²) in [6.07, 6.45) is -1.43. The molecule has 0 saturated heterocycles. The maximum atomic E-state index is 13.1. The topological polar surface area (TPSA) is 62.3 Å². The van der Waals surface area contributed by atoms with Crippen LogP contribution in [-0.4, -0.2) is 16.2 Å². The van der Waals surface area contributed by atoms with E-state index in [4.69, 9.17) is 5.11 Å². The Bertz CT molecular complexity index is 492. The number of hydrogen-bond acceptors (Lipinski definition) is 2. The number of aromatic nitrogens is 1. The van der Waals surface area contributed by atoms with Crippen LogP contribution in [0.25, 0.3) is 10.9 Å². The molecule has 2 rings (SSSR count). The normalized spacial score (nSPS) is 10.4. The second-order valence-corrected chi connectivity index (χ2v) is 2.70. The standard InChI is InChI=1S/C9H6FNO3/c10-6-2-1-3-7-5(6)4-8(11-7)14-9(12)13/h1-4,11H,(H,12,13). The molecule has 0 amide bonds. The molecular formula is C9H6FNO3. The highest BCUT2D eigenvalue weighted by Gasteiger charge is 2.07. The smallest absolute Gasteiger partial charge is 0.449 e. The van der Waals surface area contributed by atoms with Crippen LogP contribution in [-0.2, 0) is 0 Å². The number of halogens is 1. The molecule has 1 aromatic heterocycles. The molecule has 14 heavy (non-hydrogen) atoms. The second kappa shape index (κ2) is 3.02. The molecular weight excluding hydrogens is 189 g/mol. The monoisotopic (exact) mass is 195 g/mol. The molecule has 5 heteroatoms. The van der Waals surface area contributed by atoms with Crippen molar-refractivity contribution in [3.05, 3.63) is 30.1 Å². The largest absolute Gasteiger partial charge is 0.512 e. The Balaban J connectivity index is 2.51. The number of nitrogens with one attached hydrogen (secondary N) is 1. The van der Waals surface area contributed by atoms with Crippen LogP contribution in [0.3, 0.4) is 0 Å². The minimum absolute atomic E-state index is 0.0117. The summed E-state index contributed by atoms with van der Waals surface area (Å²) >= 11 is 0. The number of benzene rings is 1. The number of ether oxygens (including phenoxy) is 1. The van der Waals surface area contributed by atoms with E-state index in [1.54, 1.807) is 6.07 Å². The summed E-state index contributed by atoms with van der Waals surface area (Å²) in [7, 11) is 0. The summed E-state index contributed by atoms with van der Waals surface area (Å²) in [6, 6.07) is 5.76. The minimum Gasteiger partial charge on any atom is -0.449 e. The van der Waals surface area contributed by atoms with Gasteiger partial charge in [0.25, 0.3) is 0 Å². The average Bonchev–Trinajstić information content (AvgIpc) is 2.47. The molecule has 0 spiro atoms. The van der Waals surface area contributed by atoms with Crippen molar-refractivity contribution in [3.8, 4) is 5.88 Å². The lowest BCUT2D eigenvalue weighted by Gasteiger charge is -1.91. The molecule has 0 saturated carbocycles. The van der Waals surface area contributed by atoms with Crippen molar-refractivity contribution < 1.29 is 19.0 Å². The predicted octanol–water partition coefficient (Wildman–Crippen LogP) is 2.36. The zero-order valence-corrected chi connectivity index (χ0v) is 6.95. The van der Waals surface area contributed by atoms with Gasteiger partial charge in [-0.25, -0.2) is 9.18 Å². The van der Waals surface area contributed by atoms with Gasteiger partial charge in [-0.1, -0.05) is 6.07 Å². The zero-order chi connectivity index (χ0) is 10.1. The average molecular weight is 195 g/mol. The third kappa shape index (κ3) is 1.39. The molecule has 2 aromatic rings. The molecule has 0 bridgehead atoms. The summed E-state index contributed by atoms with van der Waals surface area (Å²) in [4.78, 5) is 12.8. The second-order valence-electron chi connectivity index (χ2n) is 2.70. The van der Waals surface area contributed by atoms with Gasteiger partial charge >= 0.3 is 6.16 Å². The highest BCUT2D eigenvalue weighted by atomic mass is 19.1. The lowest BCUT2D eigenvalue weighted by molar-refractivity contribution is 0.143. The van der Waals surface area contributed by atoms with E-state index in [1.807, 2.05) is 0 Å². The molecule has 0 aliphatic heterocycles. The van der Waals surface area contributed by atoms with Crippen LogP contribution >= 0.6 is 0 Å². The summed E-state index contributed by atoms with van der Waals surface area (Å²) in [5.41, 5.74) is 0.501. The Kier molecular flexibility index (Phi) is 1.85. The number of hydrogen-bond donors (Lipinski definition) is 2. The van der Waals surface area contributed by atoms with Crippen LogP contribution in [0.15, 0.2) is 24.3 Å². The predicted molar refractivity (Wildman–Crippen MR) is 46.9 cm³/mol. The number of fused-ring (bicyclic) bond motifs is 1. The first-order valence-corrected chi connectivity index (χ1v) is 3.85. The Morgan fingerprint density at radius 2 is 2.29 bits per heavy atom. The van der Waals surface area contributed by atoms with E-state index < -0.39 is 12.0 Å². The molecule has 1 aromatic carbocycles. The van der Waals surface area contributed by atoms with Crippen LogP contribution in [0, 0.1) is 5.82 Å². The number of aromatic amines is 1. The van der Waals surface area contributed by atoms with E-state index in [0.29, 0.717) is 10.9 Å². The molecule has 0 radical (unpaired) electrons. The Morgan fingerprint density at radius 1 is 1.50 bits per heavy atom. The molecule has 0 fully saturated rings. The molecule has 0 aliphatic carbocycles. The number of rotatable bonds is 1. The van der Waals surface area contributed by atoms with E-state index in [-0.39, 0.29) is 5.88 Å². The molecule has 72 valence electrons. The van der Waals surface area contributed by atoms with Crippen molar-refractivity contribution >= 4 is 17.1 Å². The summed E-state index contributed by atoms with van der Waals surface area (Å²) < 4.78 is 17.5. The first-order valence-electron chi connectivity index (χ1n) is 3.85. The van der Waals surface area contributed by atoms with Crippen molar-refractivity contribution in [2.75, 3.05) is 0 Å². The fraction of sp³-hybridized carbons (Fsp3) is 0. The maximum Gasteiger partial charge on any atom is 0.512 e. The summed E-state index contributed by atoms with van der Waals surface area (Å²) in [5.74, 6) is -0.406. The number of carboxylic acid groups (broad SMARTS) is 1. The van der Waals surface area contributed by atoms with E-state index in [9.17, 15) is 9.18 Å². The number of carbonyl (C=O) groups is 1. The van der Waals surface area contributed by atoms with Gasteiger partial charge in [0.05, 0.1) is 5.52 Å². The van der Waals surface area contributed by atoms with Crippen molar-refractivity contribution in [2.24, 2.45) is 0 Å². The van der Waals surface area contributed by atoms with Crippen LogP contribution in [0.1, 0.15) is 0 Å². The molecule has 1 heterocycles. The Labute approximate surface area is 77.9 Å². The van der Waals surface area contributed by atoms with E-state index >= 15 is 0 Å². The van der Waals surface area contributed by atoms with Gasteiger partial charge in [-0.2, -0.15) is 0 Å². The van der Waals surface area contributed by atoms with Crippen LogP contribution in [0.2, 0.25) is 0 Å². The molecule has 0 unspecified atom stereocenters. The summed E-state index contributed by atoms with van der Waals surface area (Å²) in [5, 5.41) is 8.63. The lowest BCUT2D eigenvalue weighted by atomic mass is 10.2. The van der Waals surface area contributed by atoms with Crippen molar-refractivity contribution in [1.29, 1.82) is 0 Å². The van der Waals surface area contributed by atoms with Crippen LogP contribution in [0.5, 0.6) is 5.88 Å². The Morgan fingerprint density at radius 3 is 2.93 bits per heavy atom. The minimum atomic E-state index is -1.43. The van der Waals surface area contributed by atoms with Gasteiger partial charge in [0, 0.05) is 11.5 Å². The van der Waals surface area contributed by atoms with Gasteiger partial charge in [-0.05, 0) is 12.1 Å². The van der Waals surface area contributed by atoms with Gasteiger partial charge in [0.2, 0.25) is 5.88 Å². The molecule has 2 N–H and O–H groups in total. The molecule has 0 atom stereocenters. The summed E-state index contributed by atoms with van der Waals surface area (Å²) in [6.45, 7) is 0. The SMILES string of the molecule is O=C(O)Oc1cc2c(F)cccc2[nH]1. The first-order chi connectivity index (χ1) is 6.66. The molecule has 4 nitrogen and oxygen atoms in total. The maximum absolute atomic E-state index is 13.1. The highest BCUT2D eigenvalue weighted by Crippen LogP contribution is 2.22. The van der Waals surface area contributed by atoms with Gasteiger partial charge in [0.1, 0.15) is 5.82 Å². The van der Waals surface area contributed by atoms with Gasteiger partial charge < -0.3 is 14.8 Å². The van der Waals surface area contributed by atoms with E-state index in [1.165, 1.54) is 18.2 Å². The van der Waals surface area contributed by atoms with E-state index in [0.717, 1.165) is 0 Å². The first kappa shape index (κ1) is 8.55. The highest BCUT2D eigenvalue weighted by molar-refractivity contribution is 5.82. The quantitative estimate of drug-likeness (QED) is 0.686. The van der Waals surface area contributed by atoms with Crippen molar-refractivity contribution in [2.45, 2.75) is 0 Å². The van der Waals surface area contributed by atoms with Gasteiger partial charge in [-0.3, -0.25) is 0 Å². The van der Waals surface area contributed by atoms with E-state index in [2.05, 4.69) is 9.72 Å². The van der Waals surface area contributed by atoms with Gasteiger partial charge in [-0.15, -0.1) is 0 Å². The third-order valence-corrected chi connectivity index (χ3v) is 1.78. The fourth-order valence-corrected chi connectivity index (χ4v) is 1.24. The van der Waals surface area contributed by atoms with Crippen molar-refractivity contribution in [3.63, 3.8) is 0 Å². The van der Waals surface area contributed by atoms with Crippen LogP contribution < -0.4 is 4.74 Å². The molecule has 0 aliphatic rings. The van der Waals surface area contributed by atoms with Crippen molar-refractivity contribution in [1.82, 2.24) is 4.98 Å². The zero-order valence-electron chi connectivity index (χ0n) is 6.95. The Hall–Kier alpha value is -2.04. The number of H-pyrrole nitrogens is 1. The lowest BCUT2D eigenvalue weighted by Crippen LogP contribution is -2.02. The fourth-order valence-electron chi connectivity index (χ4n) is 1.24. The third-order valence-electron chi connectivity index (χ3n) is 1.78.